The van der Waals surface area contributed by atoms with Gasteiger partial charge in [0.15, 0.2) is 5.54 Å². The second-order valence-electron chi connectivity index (χ2n) is 7.15. The summed E-state index contributed by atoms with van der Waals surface area (Å²) in [5, 5.41) is 14.5. The van der Waals surface area contributed by atoms with Gasteiger partial charge < -0.3 is 20.5 Å². The average molecular weight is 350 g/mol. The zero-order chi connectivity index (χ0) is 19.3. The van der Waals surface area contributed by atoms with Crippen molar-refractivity contribution in [3.8, 4) is 0 Å². The van der Waals surface area contributed by atoms with Gasteiger partial charge in [0.2, 0.25) is 5.91 Å². The smallest absolute Gasteiger partial charge is 0.331 e. The Labute approximate surface area is 147 Å². The van der Waals surface area contributed by atoms with Gasteiger partial charge in [-0.15, -0.1) is 0 Å². The van der Waals surface area contributed by atoms with E-state index >= 15 is 0 Å². The second kappa shape index (κ2) is 8.11. The number of hydrogen-bond donors (Lipinski definition) is 3. The number of carbonyl (C=O) groups is 3. The molecule has 0 heterocycles. The lowest BCUT2D eigenvalue weighted by atomic mass is 9.95. The summed E-state index contributed by atoms with van der Waals surface area (Å²) >= 11 is 0. The highest BCUT2D eigenvalue weighted by atomic mass is 16.5. The Morgan fingerprint density at radius 1 is 1.08 bits per heavy atom. The van der Waals surface area contributed by atoms with Crippen LogP contribution in [0.3, 0.4) is 0 Å². The van der Waals surface area contributed by atoms with E-state index in [1.165, 1.54) is 14.0 Å². The number of carboxylic acid groups (broad SMARTS) is 1. The molecule has 0 spiro atoms. The molecule has 1 rings (SSSR count). The molecule has 1 aromatic rings. The van der Waals surface area contributed by atoms with E-state index in [0.29, 0.717) is 12.1 Å². The maximum absolute atomic E-state index is 12.2. The molecule has 1 unspecified atom stereocenters. The third kappa shape index (κ3) is 5.86. The number of ether oxygens (including phenoxy) is 1. The van der Waals surface area contributed by atoms with Crippen LogP contribution < -0.4 is 10.6 Å². The van der Waals surface area contributed by atoms with E-state index in [2.05, 4.69) is 10.6 Å². The molecule has 0 aliphatic carbocycles. The van der Waals surface area contributed by atoms with Crippen LogP contribution in [0.25, 0.3) is 0 Å². The fourth-order valence-electron chi connectivity index (χ4n) is 1.98. The number of carboxylic acids is 1. The first-order valence-corrected chi connectivity index (χ1v) is 7.91. The summed E-state index contributed by atoms with van der Waals surface area (Å²) < 4.78 is 4.87. The molecule has 0 aliphatic heterocycles. The van der Waals surface area contributed by atoms with Crippen LogP contribution in [0.1, 0.15) is 43.6 Å². The molecule has 2 amide bonds. The van der Waals surface area contributed by atoms with Crippen molar-refractivity contribution in [3.05, 3.63) is 35.4 Å². The van der Waals surface area contributed by atoms with Crippen molar-refractivity contribution in [1.82, 2.24) is 10.6 Å². The van der Waals surface area contributed by atoms with E-state index in [0.717, 1.165) is 5.56 Å². The van der Waals surface area contributed by atoms with Crippen molar-refractivity contribution in [2.45, 2.75) is 39.8 Å². The van der Waals surface area contributed by atoms with Crippen LogP contribution in [0.2, 0.25) is 0 Å². The first-order valence-electron chi connectivity index (χ1n) is 7.91. The summed E-state index contributed by atoms with van der Waals surface area (Å²) in [4.78, 5) is 35.4. The molecule has 0 aromatic heterocycles. The van der Waals surface area contributed by atoms with Gasteiger partial charge in [-0.2, -0.15) is 0 Å². The van der Waals surface area contributed by atoms with Gasteiger partial charge in [-0.3, -0.25) is 9.59 Å². The molecule has 0 aliphatic rings. The van der Waals surface area contributed by atoms with Crippen LogP contribution >= 0.6 is 0 Å². The monoisotopic (exact) mass is 350 g/mol. The lowest BCUT2D eigenvalue weighted by Gasteiger charge is -2.25. The normalized spacial score (nSPS) is 13.6. The van der Waals surface area contributed by atoms with Crippen molar-refractivity contribution in [2.24, 2.45) is 5.41 Å². The zero-order valence-electron chi connectivity index (χ0n) is 15.3. The highest BCUT2D eigenvalue weighted by Crippen LogP contribution is 2.13. The Balaban J connectivity index is 2.74. The minimum absolute atomic E-state index is 0.0638. The molecule has 7 nitrogen and oxygen atoms in total. The number of rotatable bonds is 7. The Morgan fingerprint density at radius 2 is 1.64 bits per heavy atom. The minimum atomic E-state index is -1.51. The van der Waals surface area contributed by atoms with Crippen molar-refractivity contribution < 1.29 is 24.2 Å². The maximum Gasteiger partial charge on any atom is 0.331 e. The summed E-state index contributed by atoms with van der Waals surface area (Å²) in [6.07, 6.45) is 0. The van der Waals surface area contributed by atoms with E-state index in [1.807, 2.05) is 20.8 Å². The number of hydrogen-bond acceptors (Lipinski definition) is 4. The van der Waals surface area contributed by atoms with Crippen LogP contribution in [-0.2, 0) is 20.9 Å². The van der Waals surface area contributed by atoms with Crippen LogP contribution in [-0.4, -0.2) is 42.1 Å². The SMILES string of the molecule is COCC(C)(NC(=O)c1ccc(CNC(=O)C(C)(C)C)cc1)C(=O)O. The van der Waals surface area contributed by atoms with Crippen LogP contribution in [0.5, 0.6) is 0 Å². The topological polar surface area (TPSA) is 105 Å². The van der Waals surface area contributed by atoms with Gasteiger partial charge in [0.05, 0.1) is 6.61 Å². The first kappa shape index (κ1) is 20.6. The standard InChI is InChI=1S/C18H26N2O5/c1-17(2,3)15(22)19-10-12-6-8-13(9-7-12)14(21)20-18(4,11-25-5)16(23)24/h6-9H,10-11H2,1-5H3,(H,19,22)(H,20,21)(H,23,24). The minimum Gasteiger partial charge on any atom is -0.479 e. The van der Waals surface area contributed by atoms with Gasteiger partial charge in [0.1, 0.15) is 0 Å². The zero-order valence-corrected chi connectivity index (χ0v) is 15.3. The molecule has 0 saturated carbocycles. The van der Waals surface area contributed by atoms with E-state index in [1.54, 1.807) is 24.3 Å². The van der Waals surface area contributed by atoms with E-state index in [9.17, 15) is 19.5 Å². The van der Waals surface area contributed by atoms with Crippen molar-refractivity contribution in [2.75, 3.05) is 13.7 Å². The van der Waals surface area contributed by atoms with Gasteiger partial charge in [-0.05, 0) is 24.6 Å². The summed E-state index contributed by atoms with van der Waals surface area (Å²) in [6, 6.07) is 6.60. The van der Waals surface area contributed by atoms with Gasteiger partial charge in [0, 0.05) is 24.6 Å². The van der Waals surface area contributed by atoms with E-state index in [-0.39, 0.29) is 12.5 Å². The molecule has 0 fully saturated rings. The fourth-order valence-corrected chi connectivity index (χ4v) is 1.98. The van der Waals surface area contributed by atoms with Crippen molar-refractivity contribution >= 4 is 17.8 Å². The molecule has 1 atom stereocenters. The molecule has 25 heavy (non-hydrogen) atoms. The third-order valence-electron chi connectivity index (χ3n) is 3.64. The van der Waals surface area contributed by atoms with Crippen LogP contribution in [0.4, 0.5) is 0 Å². The Bertz CT molecular complexity index is 634. The van der Waals surface area contributed by atoms with Crippen LogP contribution in [0, 0.1) is 5.41 Å². The fraction of sp³-hybridized carbons (Fsp3) is 0.500. The molecular formula is C18H26N2O5. The number of methoxy groups -OCH3 is 1. The highest BCUT2D eigenvalue weighted by molar-refractivity contribution is 5.97. The predicted octanol–water partition coefficient (Wildman–Crippen LogP) is 1.57. The van der Waals surface area contributed by atoms with Gasteiger partial charge in [0.25, 0.3) is 5.91 Å². The average Bonchev–Trinajstić information content (AvgIpc) is 2.52. The Morgan fingerprint density at radius 3 is 2.08 bits per heavy atom. The third-order valence-corrected chi connectivity index (χ3v) is 3.64. The molecule has 0 saturated heterocycles. The Kier molecular flexibility index (Phi) is 6.70. The summed E-state index contributed by atoms with van der Waals surface area (Å²) in [6.45, 7) is 7.08. The number of nitrogens with one attached hydrogen (secondary N) is 2. The number of aliphatic carboxylic acids is 1. The largest absolute Gasteiger partial charge is 0.479 e. The summed E-state index contributed by atoms with van der Waals surface area (Å²) in [5.74, 6) is -1.75. The lowest BCUT2D eigenvalue weighted by molar-refractivity contribution is -0.145. The van der Waals surface area contributed by atoms with Crippen molar-refractivity contribution in [1.29, 1.82) is 0 Å². The molecular weight excluding hydrogens is 324 g/mol. The molecule has 0 bridgehead atoms. The van der Waals surface area contributed by atoms with Crippen molar-refractivity contribution in [3.63, 3.8) is 0 Å². The number of carbonyl (C=O) groups excluding carboxylic acids is 2. The molecule has 3 N–H and O–H groups in total. The van der Waals surface area contributed by atoms with E-state index < -0.39 is 22.8 Å². The number of amides is 2. The van der Waals surface area contributed by atoms with E-state index in [4.69, 9.17) is 4.74 Å². The van der Waals surface area contributed by atoms with Gasteiger partial charge >= 0.3 is 5.97 Å². The molecule has 7 heteroatoms. The first-order chi connectivity index (χ1) is 11.5. The summed E-state index contributed by atoms with van der Waals surface area (Å²) in [5.41, 5.74) is -0.810. The number of benzene rings is 1. The van der Waals surface area contributed by atoms with Gasteiger partial charge in [-0.25, -0.2) is 4.79 Å². The predicted molar refractivity (Wildman–Crippen MR) is 93.1 cm³/mol. The molecule has 1 aromatic carbocycles. The second-order valence-corrected chi connectivity index (χ2v) is 7.15. The molecule has 0 radical (unpaired) electrons. The molecule has 138 valence electrons. The maximum atomic E-state index is 12.2. The highest BCUT2D eigenvalue weighted by Gasteiger charge is 2.35. The van der Waals surface area contributed by atoms with Crippen LogP contribution in [0.15, 0.2) is 24.3 Å². The quantitative estimate of drug-likeness (QED) is 0.692. The Hall–Kier alpha value is -2.41. The summed E-state index contributed by atoms with van der Waals surface area (Å²) in [7, 11) is 1.37. The van der Waals surface area contributed by atoms with Gasteiger partial charge in [-0.1, -0.05) is 32.9 Å². The lowest BCUT2D eigenvalue weighted by Crippen LogP contribution is -2.55.